The van der Waals surface area contributed by atoms with Gasteiger partial charge >= 0.3 is 0 Å². The Kier molecular flexibility index (Phi) is 4.05. The fraction of sp³-hybridized carbons (Fsp3) is 0.222. The Labute approximate surface area is 139 Å². The number of thiophene rings is 1. The predicted molar refractivity (Wildman–Crippen MR) is 92.0 cm³/mol. The van der Waals surface area contributed by atoms with Gasteiger partial charge in [0.1, 0.15) is 6.54 Å². The van der Waals surface area contributed by atoms with Crippen LogP contribution in [-0.4, -0.2) is 35.2 Å². The van der Waals surface area contributed by atoms with E-state index in [9.17, 15) is 9.59 Å². The van der Waals surface area contributed by atoms with E-state index in [-0.39, 0.29) is 18.4 Å². The third kappa shape index (κ3) is 2.80. The molecule has 3 rings (SSSR count). The van der Waals surface area contributed by atoms with Crippen molar-refractivity contribution >= 4 is 28.8 Å². The Morgan fingerprint density at radius 1 is 1.26 bits per heavy atom. The van der Waals surface area contributed by atoms with Gasteiger partial charge in [-0.3, -0.25) is 14.5 Å². The van der Waals surface area contributed by atoms with Crippen molar-refractivity contribution in [2.75, 3.05) is 13.6 Å². The van der Waals surface area contributed by atoms with Gasteiger partial charge in [-0.05, 0) is 30.0 Å². The van der Waals surface area contributed by atoms with Crippen molar-refractivity contribution in [3.8, 4) is 0 Å². The van der Waals surface area contributed by atoms with Crippen molar-refractivity contribution in [3.63, 3.8) is 0 Å². The molecule has 0 spiro atoms. The Balaban J connectivity index is 1.70. The highest BCUT2D eigenvalue weighted by atomic mass is 32.1. The molecule has 0 saturated carbocycles. The molecule has 0 N–H and O–H groups in total. The minimum absolute atomic E-state index is 0.0211. The molecule has 1 aliphatic rings. The van der Waals surface area contributed by atoms with Gasteiger partial charge in [0.05, 0.1) is 6.54 Å². The Hall–Kier alpha value is -2.40. The highest BCUT2D eigenvalue weighted by Gasteiger charge is 2.32. The summed E-state index contributed by atoms with van der Waals surface area (Å²) in [6, 6.07) is 9.36. The Morgan fingerprint density at radius 2 is 1.96 bits per heavy atom. The van der Waals surface area contributed by atoms with Gasteiger partial charge < -0.3 is 4.90 Å². The minimum atomic E-state index is -0.153. The van der Waals surface area contributed by atoms with Crippen LogP contribution >= 0.6 is 11.3 Å². The summed E-state index contributed by atoms with van der Waals surface area (Å²) < 4.78 is 0. The highest BCUT2D eigenvalue weighted by molar-refractivity contribution is 7.10. The first kappa shape index (κ1) is 15.5. The quantitative estimate of drug-likeness (QED) is 0.866. The summed E-state index contributed by atoms with van der Waals surface area (Å²) >= 11 is 1.64. The molecule has 0 radical (unpaired) electrons. The SMILES string of the molecule is C=C1c2ccccc2C(=O)N1CC(=O)N(C)Cc1sccc1C. The van der Waals surface area contributed by atoms with E-state index in [0.717, 1.165) is 10.4 Å². The molecular formula is C18H18N2O2S. The molecule has 1 aliphatic heterocycles. The van der Waals surface area contributed by atoms with Gasteiger partial charge in [-0.25, -0.2) is 0 Å². The molecule has 2 amide bonds. The molecule has 0 atom stereocenters. The summed E-state index contributed by atoms with van der Waals surface area (Å²) in [5.41, 5.74) is 3.20. The van der Waals surface area contributed by atoms with Crippen LogP contribution in [0.15, 0.2) is 42.3 Å². The zero-order valence-electron chi connectivity index (χ0n) is 13.2. The van der Waals surface area contributed by atoms with Gasteiger partial charge in [-0.1, -0.05) is 24.8 Å². The first-order chi connectivity index (χ1) is 11.0. The molecule has 2 heterocycles. The largest absolute Gasteiger partial charge is 0.339 e. The molecule has 1 aromatic heterocycles. The van der Waals surface area contributed by atoms with Crippen LogP contribution in [0.2, 0.25) is 0 Å². The lowest BCUT2D eigenvalue weighted by Crippen LogP contribution is -2.37. The van der Waals surface area contributed by atoms with Crippen LogP contribution in [0.1, 0.15) is 26.4 Å². The molecule has 1 aromatic carbocycles. The first-order valence-corrected chi connectivity index (χ1v) is 8.24. The number of aryl methyl sites for hydroxylation is 1. The molecule has 0 saturated heterocycles. The van der Waals surface area contributed by atoms with E-state index in [4.69, 9.17) is 0 Å². The van der Waals surface area contributed by atoms with E-state index in [0.29, 0.717) is 17.8 Å². The summed E-state index contributed by atoms with van der Waals surface area (Å²) in [5.74, 6) is -0.250. The van der Waals surface area contributed by atoms with Crippen molar-refractivity contribution in [3.05, 3.63) is 63.9 Å². The van der Waals surface area contributed by atoms with E-state index >= 15 is 0 Å². The van der Waals surface area contributed by atoms with Gasteiger partial charge in [-0.15, -0.1) is 11.3 Å². The maximum atomic E-state index is 12.5. The van der Waals surface area contributed by atoms with E-state index < -0.39 is 0 Å². The van der Waals surface area contributed by atoms with Crippen molar-refractivity contribution in [1.82, 2.24) is 9.80 Å². The lowest BCUT2D eigenvalue weighted by Gasteiger charge is -2.22. The molecule has 118 valence electrons. The molecule has 5 heteroatoms. The molecule has 0 unspecified atom stereocenters. The standard InChI is InChI=1S/C18H18N2O2S/c1-12-8-9-23-16(12)10-19(3)17(21)11-20-13(2)14-6-4-5-7-15(14)18(20)22/h4-9H,2,10-11H2,1,3H3. The number of carbonyl (C=O) groups is 2. The summed E-state index contributed by atoms with van der Waals surface area (Å²) in [5, 5.41) is 2.02. The van der Waals surface area contributed by atoms with Crippen LogP contribution in [-0.2, 0) is 11.3 Å². The number of hydrogen-bond acceptors (Lipinski definition) is 3. The maximum absolute atomic E-state index is 12.5. The second-order valence-electron chi connectivity index (χ2n) is 5.66. The zero-order chi connectivity index (χ0) is 16.6. The molecule has 4 nitrogen and oxygen atoms in total. The molecule has 2 aromatic rings. The van der Waals surface area contributed by atoms with Gasteiger partial charge in [0.15, 0.2) is 0 Å². The van der Waals surface area contributed by atoms with Crippen molar-refractivity contribution in [2.24, 2.45) is 0 Å². The van der Waals surface area contributed by atoms with Crippen molar-refractivity contribution in [2.45, 2.75) is 13.5 Å². The van der Waals surface area contributed by atoms with E-state index in [2.05, 4.69) is 6.58 Å². The second-order valence-corrected chi connectivity index (χ2v) is 6.66. The number of likely N-dealkylation sites (N-methyl/N-ethyl adjacent to an activating group) is 1. The monoisotopic (exact) mass is 326 g/mol. The van der Waals surface area contributed by atoms with Crippen LogP contribution in [0.3, 0.4) is 0 Å². The average molecular weight is 326 g/mol. The fourth-order valence-electron chi connectivity index (χ4n) is 2.63. The van der Waals surface area contributed by atoms with Gasteiger partial charge in [0, 0.05) is 28.7 Å². The van der Waals surface area contributed by atoms with Gasteiger partial charge in [0.2, 0.25) is 5.91 Å². The van der Waals surface area contributed by atoms with Crippen LogP contribution in [0, 0.1) is 6.92 Å². The van der Waals surface area contributed by atoms with Gasteiger partial charge in [-0.2, -0.15) is 0 Å². The molecule has 0 bridgehead atoms. The van der Waals surface area contributed by atoms with Crippen molar-refractivity contribution < 1.29 is 9.59 Å². The minimum Gasteiger partial charge on any atom is -0.339 e. The third-order valence-electron chi connectivity index (χ3n) is 4.11. The van der Waals surface area contributed by atoms with E-state index in [1.54, 1.807) is 29.4 Å². The normalized spacial score (nSPS) is 13.4. The maximum Gasteiger partial charge on any atom is 0.259 e. The van der Waals surface area contributed by atoms with Crippen molar-refractivity contribution in [1.29, 1.82) is 0 Å². The molecule has 0 fully saturated rings. The lowest BCUT2D eigenvalue weighted by atomic mass is 10.1. The number of nitrogens with zero attached hydrogens (tertiary/aromatic N) is 2. The van der Waals surface area contributed by atoms with Crippen LogP contribution < -0.4 is 0 Å². The summed E-state index contributed by atoms with van der Waals surface area (Å²) in [7, 11) is 1.76. The van der Waals surface area contributed by atoms with Gasteiger partial charge in [0.25, 0.3) is 5.91 Å². The lowest BCUT2D eigenvalue weighted by molar-refractivity contribution is -0.130. The fourth-order valence-corrected chi connectivity index (χ4v) is 3.59. The second kappa shape index (κ2) is 6.01. The van der Waals surface area contributed by atoms with Crippen LogP contribution in [0.4, 0.5) is 0 Å². The summed E-state index contributed by atoms with van der Waals surface area (Å²) in [6.07, 6.45) is 0. The number of carbonyl (C=O) groups excluding carboxylic acids is 2. The number of hydrogen-bond donors (Lipinski definition) is 0. The third-order valence-corrected chi connectivity index (χ3v) is 5.12. The number of amides is 2. The summed E-state index contributed by atoms with van der Waals surface area (Å²) in [4.78, 5) is 29.2. The number of fused-ring (bicyclic) bond motifs is 1. The van der Waals surface area contributed by atoms with Crippen LogP contribution in [0.25, 0.3) is 5.70 Å². The Morgan fingerprint density at radius 3 is 2.57 bits per heavy atom. The molecule has 23 heavy (non-hydrogen) atoms. The first-order valence-electron chi connectivity index (χ1n) is 7.36. The highest BCUT2D eigenvalue weighted by Crippen LogP contribution is 2.31. The topological polar surface area (TPSA) is 40.6 Å². The number of rotatable bonds is 4. The predicted octanol–water partition coefficient (Wildman–Crippen LogP) is 3.14. The molecule has 0 aliphatic carbocycles. The van der Waals surface area contributed by atoms with E-state index in [1.807, 2.05) is 36.6 Å². The summed E-state index contributed by atoms with van der Waals surface area (Å²) in [6.45, 7) is 6.58. The van der Waals surface area contributed by atoms with E-state index in [1.165, 1.54) is 10.5 Å². The Bertz CT molecular complexity index is 759. The smallest absolute Gasteiger partial charge is 0.259 e. The molecular weight excluding hydrogens is 308 g/mol. The van der Waals surface area contributed by atoms with Crippen LogP contribution in [0.5, 0.6) is 0 Å². The average Bonchev–Trinajstić information content (AvgIpc) is 3.05. The number of benzene rings is 1. The zero-order valence-corrected chi connectivity index (χ0v) is 14.0.